The van der Waals surface area contributed by atoms with Crippen LogP contribution in [-0.4, -0.2) is 21.7 Å². The van der Waals surface area contributed by atoms with E-state index in [-0.39, 0.29) is 5.91 Å². The van der Waals surface area contributed by atoms with Gasteiger partial charge in [0.1, 0.15) is 10.1 Å². The summed E-state index contributed by atoms with van der Waals surface area (Å²) in [4.78, 5) is 14.0. The third kappa shape index (κ3) is 1.98. The van der Waals surface area contributed by atoms with Crippen LogP contribution in [-0.2, 0) is 4.79 Å². The van der Waals surface area contributed by atoms with Crippen LogP contribution < -0.4 is 0 Å². The zero-order valence-electron chi connectivity index (χ0n) is 8.10. The summed E-state index contributed by atoms with van der Waals surface area (Å²) in [7, 11) is 0. The van der Waals surface area contributed by atoms with Crippen LogP contribution >= 0.6 is 24.0 Å². The second-order valence-electron chi connectivity index (χ2n) is 2.94. The molecular weight excluding hydrogens is 230 g/mol. The summed E-state index contributed by atoms with van der Waals surface area (Å²) in [6.45, 7) is 2.51. The number of amides is 1. The van der Waals surface area contributed by atoms with Crippen LogP contribution in [0.1, 0.15) is 12.7 Å². The highest BCUT2D eigenvalue weighted by atomic mass is 32.2. The summed E-state index contributed by atoms with van der Waals surface area (Å²) in [5.74, 6) is 0.635. The second-order valence-corrected chi connectivity index (χ2v) is 4.62. The Hall–Kier alpha value is -1.07. The Labute approximate surface area is 97.1 Å². The second kappa shape index (κ2) is 4.20. The molecule has 1 aromatic rings. The first-order chi connectivity index (χ1) is 7.22. The van der Waals surface area contributed by atoms with Crippen LogP contribution in [0, 0.1) is 0 Å². The van der Waals surface area contributed by atoms with E-state index in [1.165, 1.54) is 11.8 Å². The maximum absolute atomic E-state index is 11.8. The lowest BCUT2D eigenvalue weighted by atomic mass is 10.3. The van der Waals surface area contributed by atoms with Crippen molar-refractivity contribution in [2.45, 2.75) is 6.92 Å². The van der Waals surface area contributed by atoms with E-state index in [0.717, 1.165) is 0 Å². The molecular formula is C10H9NO2S2. The van der Waals surface area contributed by atoms with Gasteiger partial charge >= 0.3 is 0 Å². The Bertz CT molecular complexity index is 423. The average molecular weight is 239 g/mol. The molecule has 1 amide bonds. The third-order valence-corrected chi connectivity index (χ3v) is 3.38. The monoisotopic (exact) mass is 239 g/mol. The lowest BCUT2D eigenvalue weighted by molar-refractivity contribution is -0.121. The van der Waals surface area contributed by atoms with Gasteiger partial charge < -0.3 is 4.42 Å². The lowest BCUT2D eigenvalue weighted by Crippen LogP contribution is -2.27. The van der Waals surface area contributed by atoms with Crippen LogP contribution in [0.25, 0.3) is 6.08 Å². The molecule has 3 nitrogen and oxygen atoms in total. The Balaban J connectivity index is 2.26. The van der Waals surface area contributed by atoms with Gasteiger partial charge in [-0.3, -0.25) is 9.69 Å². The fourth-order valence-corrected chi connectivity index (χ4v) is 2.64. The first-order valence-electron chi connectivity index (χ1n) is 4.51. The molecule has 0 spiro atoms. The topological polar surface area (TPSA) is 33.5 Å². The SMILES string of the molecule is CCN1C(=O)/C(=C\c2ccco2)SC1=S. The molecule has 1 aliphatic heterocycles. The normalized spacial score (nSPS) is 19.3. The molecule has 0 aliphatic carbocycles. The molecule has 1 saturated heterocycles. The van der Waals surface area contributed by atoms with Crippen LogP contribution in [0.3, 0.4) is 0 Å². The third-order valence-electron chi connectivity index (χ3n) is 2.01. The van der Waals surface area contributed by atoms with Crippen molar-refractivity contribution in [2.75, 3.05) is 6.54 Å². The molecule has 2 heterocycles. The number of nitrogens with zero attached hydrogens (tertiary/aromatic N) is 1. The Kier molecular flexibility index (Phi) is 2.93. The Morgan fingerprint density at radius 2 is 2.47 bits per heavy atom. The largest absolute Gasteiger partial charge is 0.465 e. The lowest BCUT2D eigenvalue weighted by Gasteiger charge is -2.09. The molecule has 78 valence electrons. The van der Waals surface area contributed by atoms with Crippen molar-refractivity contribution < 1.29 is 9.21 Å². The van der Waals surface area contributed by atoms with Crippen molar-refractivity contribution in [3.63, 3.8) is 0 Å². The Morgan fingerprint density at radius 3 is 3.00 bits per heavy atom. The number of carbonyl (C=O) groups excluding carboxylic acids is 1. The highest BCUT2D eigenvalue weighted by Gasteiger charge is 2.30. The summed E-state index contributed by atoms with van der Waals surface area (Å²) < 4.78 is 5.76. The van der Waals surface area contributed by atoms with Gasteiger partial charge in [0.15, 0.2) is 0 Å². The summed E-state index contributed by atoms with van der Waals surface area (Å²) in [6, 6.07) is 3.59. The van der Waals surface area contributed by atoms with Crippen LogP contribution in [0.4, 0.5) is 0 Å². The van der Waals surface area contributed by atoms with E-state index in [9.17, 15) is 4.79 Å². The van der Waals surface area contributed by atoms with Gasteiger partial charge in [-0.15, -0.1) is 0 Å². The van der Waals surface area contributed by atoms with Gasteiger partial charge in [-0.2, -0.15) is 0 Å². The molecule has 0 N–H and O–H groups in total. The van der Waals surface area contributed by atoms with E-state index in [4.69, 9.17) is 16.6 Å². The maximum atomic E-state index is 11.8. The fourth-order valence-electron chi connectivity index (χ4n) is 1.28. The molecule has 1 aromatic heterocycles. The molecule has 0 saturated carbocycles. The molecule has 0 aromatic carbocycles. The summed E-state index contributed by atoms with van der Waals surface area (Å²) in [5, 5.41) is 0. The minimum atomic E-state index is -0.0381. The molecule has 0 bridgehead atoms. The molecule has 5 heteroatoms. The first kappa shape index (κ1) is 10.4. The van der Waals surface area contributed by atoms with Crippen LogP contribution in [0.15, 0.2) is 27.7 Å². The molecule has 2 rings (SSSR count). The van der Waals surface area contributed by atoms with E-state index in [0.29, 0.717) is 21.5 Å². The minimum Gasteiger partial charge on any atom is -0.465 e. The van der Waals surface area contributed by atoms with Gasteiger partial charge in [0.05, 0.1) is 11.2 Å². The summed E-state index contributed by atoms with van der Waals surface area (Å²) in [6.07, 6.45) is 3.29. The van der Waals surface area contributed by atoms with Gasteiger partial charge in [0.2, 0.25) is 0 Å². The van der Waals surface area contributed by atoms with Crippen molar-refractivity contribution in [2.24, 2.45) is 0 Å². The number of hydrogen-bond donors (Lipinski definition) is 0. The molecule has 0 radical (unpaired) electrons. The van der Waals surface area contributed by atoms with Gasteiger partial charge in [0, 0.05) is 12.6 Å². The summed E-state index contributed by atoms with van der Waals surface area (Å²) in [5.41, 5.74) is 0. The van der Waals surface area contributed by atoms with E-state index in [1.54, 1.807) is 29.4 Å². The standard InChI is InChI=1S/C10H9NO2S2/c1-2-11-9(12)8(15-10(11)14)6-7-4-3-5-13-7/h3-6H,2H2,1H3/b8-6+. The Morgan fingerprint density at radius 1 is 1.67 bits per heavy atom. The van der Waals surface area contributed by atoms with Gasteiger partial charge in [0.25, 0.3) is 5.91 Å². The van der Waals surface area contributed by atoms with Gasteiger partial charge in [-0.1, -0.05) is 24.0 Å². The predicted molar refractivity (Wildman–Crippen MR) is 64.3 cm³/mol. The van der Waals surface area contributed by atoms with Gasteiger partial charge in [-0.25, -0.2) is 0 Å². The smallest absolute Gasteiger partial charge is 0.266 e. The first-order valence-corrected chi connectivity index (χ1v) is 5.73. The predicted octanol–water partition coefficient (Wildman–Crippen LogP) is 2.50. The number of likely N-dealkylation sites (N-methyl/N-ethyl adjacent to an activating group) is 1. The number of thioether (sulfide) groups is 1. The quantitative estimate of drug-likeness (QED) is 0.586. The number of carbonyl (C=O) groups is 1. The molecule has 0 atom stereocenters. The highest BCUT2D eigenvalue weighted by Crippen LogP contribution is 2.32. The zero-order chi connectivity index (χ0) is 10.8. The van der Waals surface area contributed by atoms with Crippen molar-refractivity contribution in [3.05, 3.63) is 29.1 Å². The molecule has 1 fully saturated rings. The number of rotatable bonds is 2. The zero-order valence-corrected chi connectivity index (χ0v) is 9.73. The summed E-state index contributed by atoms with van der Waals surface area (Å²) >= 11 is 6.40. The number of hydrogen-bond acceptors (Lipinski definition) is 4. The van der Waals surface area contributed by atoms with E-state index in [2.05, 4.69) is 0 Å². The van der Waals surface area contributed by atoms with Crippen LogP contribution in [0.5, 0.6) is 0 Å². The van der Waals surface area contributed by atoms with Crippen LogP contribution in [0.2, 0.25) is 0 Å². The molecule has 15 heavy (non-hydrogen) atoms. The number of thiocarbonyl (C=S) groups is 1. The van der Waals surface area contributed by atoms with Gasteiger partial charge in [-0.05, 0) is 19.1 Å². The van der Waals surface area contributed by atoms with E-state index < -0.39 is 0 Å². The molecule has 1 aliphatic rings. The minimum absolute atomic E-state index is 0.0381. The van der Waals surface area contributed by atoms with E-state index in [1.807, 2.05) is 6.92 Å². The highest BCUT2D eigenvalue weighted by molar-refractivity contribution is 8.26. The fraction of sp³-hybridized carbons (Fsp3) is 0.200. The average Bonchev–Trinajstić information content (AvgIpc) is 2.78. The van der Waals surface area contributed by atoms with E-state index >= 15 is 0 Å². The maximum Gasteiger partial charge on any atom is 0.266 e. The van der Waals surface area contributed by atoms with Crippen molar-refractivity contribution in [3.8, 4) is 0 Å². The number of furan rings is 1. The van der Waals surface area contributed by atoms with Crippen molar-refractivity contribution >= 4 is 40.3 Å². The molecule has 0 unspecified atom stereocenters. The van der Waals surface area contributed by atoms with Crippen molar-refractivity contribution in [1.29, 1.82) is 0 Å². The van der Waals surface area contributed by atoms with Crippen molar-refractivity contribution in [1.82, 2.24) is 4.90 Å².